The third kappa shape index (κ3) is 4.44. The zero-order valence-corrected chi connectivity index (χ0v) is 19.0. The number of esters is 1. The van der Waals surface area contributed by atoms with E-state index in [0.29, 0.717) is 48.9 Å². The Morgan fingerprint density at radius 3 is 2.41 bits per heavy atom. The highest BCUT2D eigenvalue weighted by molar-refractivity contribution is 7.89. The molecule has 9 heteroatoms. The minimum atomic E-state index is -3.60. The molecule has 1 fully saturated rings. The highest BCUT2D eigenvalue weighted by Gasteiger charge is 2.31. The molecule has 3 aromatic rings. The molecule has 168 valence electrons. The van der Waals surface area contributed by atoms with Gasteiger partial charge in [0.2, 0.25) is 16.0 Å². The van der Waals surface area contributed by atoms with Crippen molar-refractivity contribution >= 4 is 32.7 Å². The van der Waals surface area contributed by atoms with E-state index in [0.717, 1.165) is 10.8 Å². The molecule has 2 aromatic carbocycles. The van der Waals surface area contributed by atoms with Gasteiger partial charge in [0, 0.05) is 38.6 Å². The summed E-state index contributed by atoms with van der Waals surface area (Å²) in [7, 11) is -1.95. The lowest BCUT2D eigenvalue weighted by atomic mass is 10.1. The summed E-state index contributed by atoms with van der Waals surface area (Å²) in [5.41, 5.74) is 0.312. The van der Waals surface area contributed by atoms with E-state index in [1.807, 2.05) is 35.2 Å². The molecule has 0 bridgehead atoms. The normalized spacial score (nSPS) is 15.3. The molecule has 32 heavy (non-hydrogen) atoms. The van der Waals surface area contributed by atoms with Gasteiger partial charge in [-0.2, -0.15) is 4.31 Å². The fraction of sp³-hybridized carbons (Fsp3) is 0.348. The zero-order chi connectivity index (χ0) is 22.7. The second-order valence-electron chi connectivity index (χ2n) is 7.74. The summed E-state index contributed by atoms with van der Waals surface area (Å²) in [5.74, 6) is 0.0785. The Labute approximate surface area is 187 Å². The summed E-state index contributed by atoms with van der Waals surface area (Å²) in [4.78, 5) is 22.6. The smallest absolute Gasteiger partial charge is 0.341 e. The molecule has 0 aliphatic carbocycles. The fourth-order valence-electron chi connectivity index (χ4n) is 3.92. The van der Waals surface area contributed by atoms with Crippen LogP contribution in [0.15, 0.2) is 59.8 Å². The summed E-state index contributed by atoms with van der Waals surface area (Å²) in [5, 5.41) is 1.91. The van der Waals surface area contributed by atoms with Gasteiger partial charge >= 0.3 is 5.97 Å². The number of piperidine rings is 1. The Morgan fingerprint density at radius 1 is 1.09 bits per heavy atom. The quantitative estimate of drug-likeness (QED) is 0.529. The molecule has 4 rings (SSSR count). The largest absolute Gasteiger partial charge is 0.462 e. The van der Waals surface area contributed by atoms with E-state index in [1.165, 1.54) is 16.7 Å². The first-order valence-corrected chi connectivity index (χ1v) is 12.0. The first-order valence-electron chi connectivity index (χ1n) is 10.6. The molecule has 1 aromatic heterocycles. The van der Waals surface area contributed by atoms with Gasteiger partial charge in [0.15, 0.2) is 0 Å². The lowest BCUT2D eigenvalue weighted by Crippen LogP contribution is -2.46. The van der Waals surface area contributed by atoms with Crippen LogP contribution in [-0.4, -0.2) is 61.4 Å². The SMILES string of the molecule is CCOC(=O)c1cnc(N2CCC(N(C)S(=O)(=O)c3ccc4ccccc4c3)CC2)nc1. The number of carbonyl (C=O) groups excluding carboxylic acids is 1. The zero-order valence-electron chi connectivity index (χ0n) is 18.1. The average molecular weight is 455 g/mol. The van der Waals surface area contributed by atoms with Crippen LogP contribution in [0.3, 0.4) is 0 Å². The van der Waals surface area contributed by atoms with Crippen LogP contribution in [0.2, 0.25) is 0 Å². The van der Waals surface area contributed by atoms with Crippen LogP contribution in [0.25, 0.3) is 10.8 Å². The number of nitrogens with zero attached hydrogens (tertiary/aromatic N) is 4. The molecule has 0 unspecified atom stereocenters. The van der Waals surface area contributed by atoms with E-state index in [4.69, 9.17) is 4.74 Å². The lowest BCUT2D eigenvalue weighted by molar-refractivity contribution is 0.0525. The monoisotopic (exact) mass is 454 g/mol. The molecule has 0 radical (unpaired) electrons. The Kier molecular flexibility index (Phi) is 6.38. The highest BCUT2D eigenvalue weighted by Crippen LogP contribution is 2.26. The van der Waals surface area contributed by atoms with Gasteiger partial charge in [0.25, 0.3) is 0 Å². The highest BCUT2D eigenvalue weighted by atomic mass is 32.2. The Hall–Kier alpha value is -3.04. The van der Waals surface area contributed by atoms with Crippen LogP contribution in [0, 0.1) is 0 Å². The minimum absolute atomic E-state index is 0.110. The molecule has 2 heterocycles. The molecule has 0 N–H and O–H groups in total. The van der Waals surface area contributed by atoms with Gasteiger partial charge in [0.1, 0.15) is 0 Å². The molecular formula is C23H26N4O4S. The molecular weight excluding hydrogens is 428 g/mol. The van der Waals surface area contributed by atoms with E-state index in [2.05, 4.69) is 9.97 Å². The van der Waals surface area contributed by atoms with Gasteiger partial charge in [-0.15, -0.1) is 0 Å². The minimum Gasteiger partial charge on any atom is -0.462 e. The third-order valence-corrected chi connectivity index (χ3v) is 7.71. The van der Waals surface area contributed by atoms with Crippen LogP contribution in [0.1, 0.15) is 30.1 Å². The number of hydrogen-bond donors (Lipinski definition) is 0. The number of anilines is 1. The van der Waals surface area contributed by atoms with Crippen molar-refractivity contribution in [1.82, 2.24) is 14.3 Å². The number of carbonyl (C=O) groups is 1. The molecule has 0 spiro atoms. The van der Waals surface area contributed by atoms with Gasteiger partial charge in [-0.1, -0.05) is 30.3 Å². The molecule has 8 nitrogen and oxygen atoms in total. The second-order valence-corrected chi connectivity index (χ2v) is 9.74. The second kappa shape index (κ2) is 9.22. The number of aromatic nitrogens is 2. The van der Waals surface area contributed by atoms with Gasteiger partial charge in [-0.05, 0) is 42.7 Å². The number of rotatable bonds is 6. The summed E-state index contributed by atoms with van der Waals surface area (Å²) in [6, 6.07) is 12.9. The molecule has 0 saturated carbocycles. The van der Waals surface area contributed by atoms with Crippen LogP contribution in [-0.2, 0) is 14.8 Å². The van der Waals surface area contributed by atoms with E-state index < -0.39 is 16.0 Å². The van der Waals surface area contributed by atoms with Crippen molar-refractivity contribution in [3.8, 4) is 0 Å². The summed E-state index contributed by atoms with van der Waals surface area (Å²) in [6.07, 6.45) is 4.24. The van der Waals surface area contributed by atoms with Crippen molar-refractivity contribution < 1.29 is 17.9 Å². The molecule has 1 aliphatic heterocycles. The molecule has 1 saturated heterocycles. The summed E-state index contributed by atoms with van der Waals surface area (Å²) >= 11 is 0. The Morgan fingerprint density at radius 2 is 1.75 bits per heavy atom. The van der Waals surface area contributed by atoms with E-state index in [9.17, 15) is 13.2 Å². The molecule has 0 atom stereocenters. The number of sulfonamides is 1. The lowest BCUT2D eigenvalue weighted by Gasteiger charge is -2.36. The third-order valence-electron chi connectivity index (χ3n) is 5.81. The fourth-order valence-corrected chi connectivity index (χ4v) is 5.38. The van der Waals surface area contributed by atoms with Crippen LogP contribution in [0.5, 0.6) is 0 Å². The van der Waals surface area contributed by atoms with Gasteiger partial charge < -0.3 is 9.64 Å². The first-order chi connectivity index (χ1) is 15.4. The van der Waals surface area contributed by atoms with Crippen molar-refractivity contribution in [1.29, 1.82) is 0 Å². The topological polar surface area (TPSA) is 92.7 Å². The molecule has 1 aliphatic rings. The standard InChI is InChI=1S/C23H26N4O4S/c1-3-31-22(28)19-15-24-23(25-16-19)27-12-10-20(11-13-27)26(2)32(29,30)21-9-8-17-6-4-5-7-18(17)14-21/h4-9,14-16,20H,3,10-13H2,1-2H3. The van der Waals surface area contributed by atoms with Crippen molar-refractivity contribution in [2.75, 3.05) is 31.6 Å². The maximum Gasteiger partial charge on any atom is 0.341 e. The predicted molar refractivity (Wildman–Crippen MR) is 122 cm³/mol. The van der Waals surface area contributed by atoms with E-state index in [1.54, 1.807) is 26.1 Å². The molecule has 0 amide bonds. The number of benzene rings is 2. The van der Waals surface area contributed by atoms with Crippen LogP contribution in [0.4, 0.5) is 5.95 Å². The average Bonchev–Trinajstić information content (AvgIpc) is 2.83. The van der Waals surface area contributed by atoms with E-state index >= 15 is 0 Å². The van der Waals surface area contributed by atoms with Crippen molar-refractivity contribution in [2.24, 2.45) is 0 Å². The summed E-state index contributed by atoms with van der Waals surface area (Å²) in [6.45, 7) is 3.29. The van der Waals surface area contributed by atoms with Gasteiger partial charge in [0.05, 0.1) is 17.1 Å². The Bertz CT molecular complexity index is 1210. The number of hydrogen-bond acceptors (Lipinski definition) is 7. The number of fused-ring (bicyclic) bond motifs is 1. The van der Waals surface area contributed by atoms with Gasteiger partial charge in [-0.3, -0.25) is 0 Å². The van der Waals surface area contributed by atoms with Crippen molar-refractivity contribution in [3.05, 3.63) is 60.4 Å². The van der Waals surface area contributed by atoms with Crippen molar-refractivity contribution in [3.63, 3.8) is 0 Å². The van der Waals surface area contributed by atoms with Crippen molar-refractivity contribution in [2.45, 2.75) is 30.7 Å². The number of ether oxygens (including phenoxy) is 1. The Balaban J connectivity index is 1.42. The maximum absolute atomic E-state index is 13.2. The maximum atomic E-state index is 13.2. The van der Waals surface area contributed by atoms with Crippen LogP contribution >= 0.6 is 0 Å². The van der Waals surface area contributed by atoms with Gasteiger partial charge in [-0.25, -0.2) is 23.2 Å². The van der Waals surface area contributed by atoms with Crippen LogP contribution < -0.4 is 4.90 Å². The first kappa shape index (κ1) is 22.2. The predicted octanol–water partition coefficient (Wildman–Crippen LogP) is 3.10. The van der Waals surface area contributed by atoms with E-state index in [-0.39, 0.29) is 6.04 Å². The summed E-state index contributed by atoms with van der Waals surface area (Å²) < 4.78 is 32.9.